The molecule has 1 heterocycles. The number of carbonyl (C=O) groups is 3. The Balaban J connectivity index is 1.21. The second kappa shape index (κ2) is 13.7. The monoisotopic (exact) mass is 643 g/mol. The van der Waals surface area contributed by atoms with E-state index in [0.717, 1.165) is 11.6 Å². The van der Waals surface area contributed by atoms with E-state index >= 15 is 0 Å². The zero-order chi connectivity index (χ0) is 33.7. The minimum absolute atomic E-state index is 0.00950. The smallest absolute Gasteiger partial charge is 0.349 e. The molecular formula is C34H32F3N7O3. The standard InChI is InChI=1S/C34H32F3N7O3/c1-21-8-11-25(20-28(21)34(35,36)37)41-33(47)40-24-12-9-22(10-13-24)31(45)39-23-14-16-26(17-15-23)44-29-7-5-4-6-27(29)30(42-44)32(46)38-18-19-43(2)3/h4-17,20H,18-19H2,1-3H3,(H,38,46)(H,39,45)(H2,40,41,47). The fraction of sp³-hybridized carbons (Fsp3) is 0.176. The largest absolute Gasteiger partial charge is 0.416 e. The van der Waals surface area contributed by atoms with Gasteiger partial charge in [-0.3, -0.25) is 9.59 Å². The van der Waals surface area contributed by atoms with Gasteiger partial charge in [-0.05, 0) is 93.3 Å². The van der Waals surface area contributed by atoms with Crippen molar-refractivity contribution in [3.63, 3.8) is 0 Å². The van der Waals surface area contributed by atoms with E-state index in [1.54, 1.807) is 28.9 Å². The maximum Gasteiger partial charge on any atom is 0.416 e. The van der Waals surface area contributed by atoms with Gasteiger partial charge in [-0.25, -0.2) is 9.48 Å². The molecule has 0 fully saturated rings. The molecule has 0 aliphatic rings. The number of rotatable bonds is 9. The molecule has 4 amide bonds. The highest BCUT2D eigenvalue weighted by Crippen LogP contribution is 2.33. The second-order valence-electron chi connectivity index (χ2n) is 11.0. The van der Waals surface area contributed by atoms with Gasteiger partial charge in [0.25, 0.3) is 11.8 Å². The highest BCUT2D eigenvalue weighted by atomic mass is 19.4. The molecule has 5 rings (SSSR count). The molecule has 0 saturated carbocycles. The van der Waals surface area contributed by atoms with E-state index in [4.69, 9.17) is 0 Å². The Hall–Kier alpha value is -5.69. The molecule has 0 unspecified atom stereocenters. The van der Waals surface area contributed by atoms with Crippen molar-refractivity contribution in [1.29, 1.82) is 0 Å². The van der Waals surface area contributed by atoms with Gasteiger partial charge in [0.15, 0.2) is 5.69 Å². The molecule has 0 atom stereocenters. The van der Waals surface area contributed by atoms with Crippen LogP contribution in [0.4, 0.5) is 35.0 Å². The third kappa shape index (κ3) is 7.94. The van der Waals surface area contributed by atoms with Crippen molar-refractivity contribution in [2.45, 2.75) is 13.1 Å². The predicted molar refractivity (Wildman–Crippen MR) is 175 cm³/mol. The maximum absolute atomic E-state index is 13.2. The topological polar surface area (TPSA) is 120 Å². The van der Waals surface area contributed by atoms with Crippen molar-refractivity contribution in [3.8, 4) is 5.69 Å². The van der Waals surface area contributed by atoms with E-state index in [1.165, 1.54) is 43.3 Å². The summed E-state index contributed by atoms with van der Waals surface area (Å²) in [4.78, 5) is 40.1. The Labute approximate surface area is 268 Å². The quantitative estimate of drug-likeness (QED) is 0.145. The van der Waals surface area contributed by atoms with Crippen LogP contribution in [0.5, 0.6) is 0 Å². The lowest BCUT2D eigenvalue weighted by atomic mass is 10.1. The first-order valence-corrected chi connectivity index (χ1v) is 14.6. The first-order valence-electron chi connectivity index (χ1n) is 14.6. The van der Waals surface area contributed by atoms with Gasteiger partial charge in [0.1, 0.15) is 0 Å². The average Bonchev–Trinajstić information content (AvgIpc) is 3.42. The van der Waals surface area contributed by atoms with Crippen LogP contribution in [0.2, 0.25) is 0 Å². The molecule has 0 radical (unpaired) electrons. The van der Waals surface area contributed by atoms with Crippen LogP contribution < -0.4 is 21.3 Å². The number of para-hydroxylation sites is 1. The summed E-state index contributed by atoms with van der Waals surface area (Å²) in [7, 11) is 3.86. The number of anilines is 3. The number of benzene rings is 4. The number of hydrogen-bond acceptors (Lipinski definition) is 5. The number of hydrogen-bond donors (Lipinski definition) is 4. The van der Waals surface area contributed by atoms with Crippen LogP contribution in [0.15, 0.2) is 91.0 Å². The summed E-state index contributed by atoms with van der Waals surface area (Å²) in [6.45, 7) is 2.52. The van der Waals surface area contributed by atoms with Crippen LogP contribution in [0, 0.1) is 6.92 Å². The number of likely N-dealkylation sites (N-methyl/N-ethyl adjacent to an activating group) is 1. The minimum Gasteiger partial charge on any atom is -0.349 e. The SMILES string of the molecule is Cc1ccc(NC(=O)Nc2ccc(C(=O)Nc3ccc(-n4nc(C(=O)NCCN(C)C)c5ccccc54)cc3)cc2)cc1C(F)(F)F. The van der Waals surface area contributed by atoms with Crippen molar-refractivity contribution in [1.82, 2.24) is 20.0 Å². The number of aryl methyl sites for hydroxylation is 1. The molecule has 0 aliphatic carbocycles. The molecule has 5 aromatic rings. The van der Waals surface area contributed by atoms with Crippen molar-refractivity contribution in [2.75, 3.05) is 43.1 Å². The zero-order valence-electron chi connectivity index (χ0n) is 25.8. The van der Waals surface area contributed by atoms with Gasteiger partial charge in [-0.1, -0.05) is 24.3 Å². The second-order valence-corrected chi connectivity index (χ2v) is 11.0. The number of amides is 4. The highest BCUT2D eigenvalue weighted by molar-refractivity contribution is 6.06. The van der Waals surface area contributed by atoms with Crippen LogP contribution in [-0.2, 0) is 6.18 Å². The summed E-state index contributed by atoms with van der Waals surface area (Å²) in [6, 6.07) is 23.3. The van der Waals surface area contributed by atoms with Crippen LogP contribution in [0.3, 0.4) is 0 Å². The normalized spacial score (nSPS) is 11.4. The van der Waals surface area contributed by atoms with Crippen LogP contribution in [0.25, 0.3) is 16.6 Å². The van der Waals surface area contributed by atoms with E-state index in [0.29, 0.717) is 46.8 Å². The van der Waals surface area contributed by atoms with E-state index in [9.17, 15) is 27.6 Å². The van der Waals surface area contributed by atoms with Gasteiger partial charge in [0.05, 0.1) is 16.8 Å². The summed E-state index contributed by atoms with van der Waals surface area (Å²) in [5.41, 5.74) is 2.15. The lowest BCUT2D eigenvalue weighted by Crippen LogP contribution is -2.31. The molecule has 10 nitrogen and oxygen atoms in total. The van der Waals surface area contributed by atoms with Crippen LogP contribution >= 0.6 is 0 Å². The molecule has 13 heteroatoms. The highest BCUT2D eigenvalue weighted by Gasteiger charge is 2.32. The first kappa shape index (κ1) is 32.7. The Morgan fingerprint density at radius 3 is 2.09 bits per heavy atom. The number of nitrogens with one attached hydrogen (secondary N) is 4. The first-order chi connectivity index (χ1) is 22.4. The molecule has 4 aromatic carbocycles. The number of fused-ring (bicyclic) bond motifs is 1. The van der Waals surface area contributed by atoms with Crippen molar-refractivity contribution in [2.24, 2.45) is 0 Å². The van der Waals surface area contributed by atoms with Gasteiger partial charge < -0.3 is 26.2 Å². The van der Waals surface area contributed by atoms with Crippen LogP contribution in [0.1, 0.15) is 32.0 Å². The third-order valence-corrected chi connectivity index (χ3v) is 7.22. The Morgan fingerprint density at radius 1 is 0.787 bits per heavy atom. The summed E-state index contributed by atoms with van der Waals surface area (Å²) in [5.74, 6) is -0.660. The number of urea groups is 1. The fourth-order valence-corrected chi connectivity index (χ4v) is 4.80. The molecule has 47 heavy (non-hydrogen) atoms. The molecule has 0 bridgehead atoms. The number of halogens is 3. The van der Waals surface area contributed by atoms with Gasteiger partial charge in [0.2, 0.25) is 0 Å². The third-order valence-electron chi connectivity index (χ3n) is 7.22. The maximum atomic E-state index is 13.2. The Morgan fingerprint density at radius 2 is 1.40 bits per heavy atom. The van der Waals surface area contributed by atoms with Gasteiger partial charge in [-0.2, -0.15) is 18.3 Å². The minimum atomic E-state index is -4.54. The van der Waals surface area contributed by atoms with E-state index in [1.807, 2.05) is 43.3 Å². The Bertz CT molecular complexity index is 1920. The summed E-state index contributed by atoms with van der Waals surface area (Å²) >= 11 is 0. The molecule has 0 spiro atoms. The average molecular weight is 644 g/mol. The van der Waals surface area contributed by atoms with E-state index < -0.39 is 23.7 Å². The molecule has 1 aromatic heterocycles. The zero-order valence-corrected chi connectivity index (χ0v) is 25.8. The van der Waals surface area contributed by atoms with Gasteiger partial charge >= 0.3 is 12.2 Å². The lowest BCUT2D eigenvalue weighted by molar-refractivity contribution is -0.138. The van der Waals surface area contributed by atoms with Crippen molar-refractivity contribution in [3.05, 3.63) is 113 Å². The molecule has 242 valence electrons. The van der Waals surface area contributed by atoms with E-state index in [2.05, 4.69) is 26.4 Å². The van der Waals surface area contributed by atoms with E-state index in [-0.39, 0.29) is 17.2 Å². The molecule has 0 saturated heterocycles. The number of nitrogens with zero attached hydrogens (tertiary/aromatic N) is 3. The lowest BCUT2D eigenvalue weighted by Gasteiger charge is -2.13. The van der Waals surface area contributed by atoms with Crippen LogP contribution in [-0.4, -0.2) is 59.7 Å². The predicted octanol–water partition coefficient (Wildman–Crippen LogP) is 6.54. The number of alkyl halides is 3. The summed E-state index contributed by atoms with van der Waals surface area (Å²) in [6.07, 6.45) is -4.54. The van der Waals surface area contributed by atoms with Crippen molar-refractivity contribution >= 4 is 45.8 Å². The molecule has 0 aliphatic heterocycles. The number of aromatic nitrogens is 2. The Kier molecular flexibility index (Phi) is 9.56. The fourth-order valence-electron chi connectivity index (χ4n) is 4.80. The number of carbonyl (C=O) groups excluding carboxylic acids is 3. The summed E-state index contributed by atoms with van der Waals surface area (Å²) in [5, 5.41) is 15.9. The molecular weight excluding hydrogens is 611 g/mol. The molecule has 4 N–H and O–H groups in total. The van der Waals surface area contributed by atoms with Gasteiger partial charge in [-0.15, -0.1) is 0 Å². The van der Waals surface area contributed by atoms with Crippen molar-refractivity contribution < 1.29 is 27.6 Å². The van der Waals surface area contributed by atoms with Gasteiger partial charge in [0, 0.05) is 41.1 Å². The summed E-state index contributed by atoms with van der Waals surface area (Å²) < 4.78 is 41.2.